The lowest BCUT2D eigenvalue weighted by atomic mass is 10.2. The largest absolute Gasteiger partial charge is 0.311 e. The topological polar surface area (TPSA) is 24.9 Å². The van der Waals surface area contributed by atoms with E-state index in [0.717, 1.165) is 24.3 Å². The predicted molar refractivity (Wildman–Crippen MR) is 54.2 cm³/mol. The second-order valence-electron chi connectivity index (χ2n) is 2.69. The Labute approximate surface area is 79.4 Å². The zero-order valence-electron chi connectivity index (χ0n) is 8.09. The van der Waals surface area contributed by atoms with E-state index in [-0.39, 0.29) is 0 Å². The number of nitrogens with zero attached hydrogens (tertiary/aromatic N) is 1. The molecule has 1 N–H and O–H groups in total. The van der Waals surface area contributed by atoms with E-state index >= 15 is 0 Å². The molecule has 0 aliphatic carbocycles. The number of nitrogens with one attached hydrogen (secondary N) is 1. The highest BCUT2D eigenvalue weighted by molar-refractivity contribution is 5.31. The van der Waals surface area contributed by atoms with Crippen LogP contribution in [0.3, 0.4) is 0 Å². The molecule has 0 amide bonds. The lowest BCUT2D eigenvalue weighted by molar-refractivity contribution is 0.710. The number of pyridine rings is 1. The first kappa shape index (κ1) is 9.76. The molecular formula is C11H14N2. The average Bonchev–Trinajstić information content (AvgIpc) is 2.17. The SMILES string of the molecule is CC#Cc1ccc(CNCC)nc1. The van der Waals surface area contributed by atoms with Gasteiger partial charge in [-0.25, -0.2) is 0 Å². The van der Waals surface area contributed by atoms with E-state index in [2.05, 4.69) is 29.1 Å². The smallest absolute Gasteiger partial charge is 0.0542 e. The highest BCUT2D eigenvalue weighted by atomic mass is 14.9. The van der Waals surface area contributed by atoms with Crippen LogP contribution in [0.2, 0.25) is 0 Å². The van der Waals surface area contributed by atoms with Gasteiger partial charge in [0.25, 0.3) is 0 Å². The molecule has 0 aliphatic heterocycles. The maximum absolute atomic E-state index is 4.27. The summed E-state index contributed by atoms with van der Waals surface area (Å²) < 4.78 is 0. The van der Waals surface area contributed by atoms with Crippen molar-refractivity contribution in [3.05, 3.63) is 29.6 Å². The van der Waals surface area contributed by atoms with E-state index in [1.165, 1.54) is 0 Å². The third-order valence-electron chi connectivity index (χ3n) is 1.65. The van der Waals surface area contributed by atoms with Crippen LogP contribution in [0.5, 0.6) is 0 Å². The lowest BCUT2D eigenvalue weighted by Gasteiger charge is -2.00. The summed E-state index contributed by atoms with van der Waals surface area (Å²) in [4.78, 5) is 4.27. The summed E-state index contributed by atoms with van der Waals surface area (Å²) in [5.74, 6) is 5.80. The maximum Gasteiger partial charge on any atom is 0.0542 e. The second-order valence-corrected chi connectivity index (χ2v) is 2.69. The van der Waals surface area contributed by atoms with Crippen LogP contribution in [0, 0.1) is 11.8 Å². The zero-order chi connectivity index (χ0) is 9.52. The van der Waals surface area contributed by atoms with Crippen LogP contribution in [0.15, 0.2) is 18.3 Å². The zero-order valence-corrected chi connectivity index (χ0v) is 8.09. The number of hydrogen-bond donors (Lipinski definition) is 1. The minimum Gasteiger partial charge on any atom is -0.311 e. The molecule has 0 radical (unpaired) electrons. The molecule has 0 spiro atoms. The number of rotatable bonds is 3. The van der Waals surface area contributed by atoms with Crippen molar-refractivity contribution >= 4 is 0 Å². The fraction of sp³-hybridized carbons (Fsp3) is 0.364. The van der Waals surface area contributed by atoms with Crippen LogP contribution < -0.4 is 5.32 Å². The third-order valence-corrected chi connectivity index (χ3v) is 1.65. The monoisotopic (exact) mass is 174 g/mol. The van der Waals surface area contributed by atoms with Crippen molar-refractivity contribution in [1.29, 1.82) is 0 Å². The molecule has 0 unspecified atom stereocenters. The molecule has 68 valence electrons. The van der Waals surface area contributed by atoms with Gasteiger partial charge in [0.05, 0.1) is 5.69 Å². The van der Waals surface area contributed by atoms with Gasteiger partial charge in [0.1, 0.15) is 0 Å². The van der Waals surface area contributed by atoms with Crippen molar-refractivity contribution in [2.24, 2.45) is 0 Å². The fourth-order valence-electron chi connectivity index (χ4n) is 1.00. The van der Waals surface area contributed by atoms with E-state index < -0.39 is 0 Å². The summed E-state index contributed by atoms with van der Waals surface area (Å²) >= 11 is 0. The van der Waals surface area contributed by atoms with Crippen LogP contribution in [0.25, 0.3) is 0 Å². The molecule has 1 aromatic rings. The van der Waals surface area contributed by atoms with Gasteiger partial charge in [-0.1, -0.05) is 12.8 Å². The van der Waals surface area contributed by atoms with Gasteiger partial charge >= 0.3 is 0 Å². The molecular weight excluding hydrogens is 160 g/mol. The first-order valence-electron chi connectivity index (χ1n) is 4.45. The lowest BCUT2D eigenvalue weighted by Crippen LogP contribution is -2.12. The highest BCUT2D eigenvalue weighted by Crippen LogP contribution is 1.98. The van der Waals surface area contributed by atoms with Gasteiger partial charge in [0.15, 0.2) is 0 Å². The standard InChI is InChI=1S/C11H14N2/c1-3-5-10-6-7-11(13-8-10)9-12-4-2/h6-8,12H,4,9H2,1-2H3. The second kappa shape index (κ2) is 5.34. The summed E-state index contributed by atoms with van der Waals surface area (Å²) in [6.45, 7) is 5.71. The summed E-state index contributed by atoms with van der Waals surface area (Å²) in [5, 5.41) is 3.22. The first-order chi connectivity index (χ1) is 6.36. The van der Waals surface area contributed by atoms with E-state index in [0.29, 0.717) is 0 Å². The Morgan fingerprint density at radius 1 is 1.46 bits per heavy atom. The van der Waals surface area contributed by atoms with Crippen LogP contribution in [-0.2, 0) is 6.54 Å². The highest BCUT2D eigenvalue weighted by Gasteiger charge is 1.92. The molecule has 2 nitrogen and oxygen atoms in total. The van der Waals surface area contributed by atoms with E-state index in [1.807, 2.05) is 25.3 Å². The Hall–Kier alpha value is -1.33. The molecule has 1 rings (SSSR count). The van der Waals surface area contributed by atoms with Gasteiger partial charge in [0, 0.05) is 18.3 Å². The third kappa shape index (κ3) is 3.27. The quantitative estimate of drug-likeness (QED) is 0.703. The molecule has 0 aliphatic rings. The van der Waals surface area contributed by atoms with Crippen molar-refractivity contribution in [3.63, 3.8) is 0 Å². The van der Waals surface area contributed by atoms with E-state index in [1.54, 1.807) is 0 Å². The molecule has 13 heavy (non-hydrogen) atoms. The van der Waals surface area contributed by atoms with Crippen LogP contribution in [0.1, 0.15) is 25.1 Å². The Kier molecular flexibility index (Phi) is 4.01. The fourth-order valence-corrected chi connectivity index (χ4v) is 1.00. The summed E-state index contributed by atoms with van der Waals surface area (Å²) in [6.07, 6.45) is 1.81. The molecule has 1 heterocycles. The Morgan fingerprint density at radius 3 is 2.85 bits per heavy atom. The van der Waals surface area contributed by atoms with Gasteiger partial charge in [-0.15, -0.1) is 5.92 Å². The van der Waals surface area contributed by atoms with Crippen molar-refractivity contribution in [2.45, 2.75) is 20.4 Å². The normalized spacial score (nSPS) is 9.08. The first-order valence-corrected chi connectivity index (χ1v) is 4.45. The van der Waals surface area contributed by atoms with Crippen molar-refractivity contribution in [2.75, 3.05) is 6.54 Å². The van der Waals surface area contributed by atoms with Gasteiger partial charge in [-0.2, -0.15) is 0 Å². The maximum atomic E-state index is 4.27. The molecule has 0 bridgehead atoms. The molecule has 0 saturated heterocycles. The minimum atomic E-state index is 0.830. The van der Waals surface area contributed by atoms with Gasteiger partial charge in [0.2, 0.25) is 0 Å². The van der Waals surface area contributed by atoms with E-state index in [9.17, 15) is 0 Å². The summed E-state index contributed by atoms with van der Waals surface area (Å²) in [7, 11) is 0. The average molecular weight is 174 g/mol. The molecule has 2 heteroatoms. The summed E-state index contributed by atoms with van der Waals surface area (Å²) in [6, 6.07) is 4.00. The van der Waals surface area contributed by atoms with Crippen molar-refractivity contribution in [1.82, 2.24) is 10.3 Å². The molecule has 0 fully saturated rings. The number of aromatic nitrogens is 1. The van der Waals surface area contributed by atoms with Gasteiger partial charge in [-0.3, -0.25) is 4.98 Å². The Balaban J connectivity index is 2.62. The summed E-state index contributed by atoms with van der Waals surface area (Å²) in [5.41, 5.74) is 2.03. The molecule has 0 aromatic carbocycles. The minimum absolute atomic E-state index is 0.830. The Morgan fingerprint density at radius 2 is 2.31 bits per heavy atom. The Bertz CT molecular complexity index is 303. The number of hydrogen-bond acceptors (Lipinski definition) is 2. The van der Waals surface area contributed by atoms with Gasteiger partial charge in [-0.05, 0) is 25.6 Å². The van der Waals surface area contributed by atoms with Crippen LogP contribution in [-0.4, -0.2) is 11.5 Å². The molecule has 1 aromatic heterocycles. The molecule has 0 saturated carbocycles. The van der Waals surface area contributed by atoms with E-state index in [4.69, 9.17) is 0 Å². The van der Waals surface area contributed by atoms with Crippen molar-refractivity contribution < 1.29 is 0 Å². The van der Waals surface area contributed by atoms with Crippen LogP contribution in [0.4, 0.5) is 0 Å². The van der Waals surface area contributed by atoms with Gasteiger partial charge < -0.3 is 5.32 Å². The van der Waals surface area contributed by atoms with Crippen molar-refractivity contribution in [3.8, 4) is 11.8 Å². The molecule has 0 atom stereocenters. The van der Waals surface area contributed by atoms with Crippen LogP contribution >= 0.6 is 0 Å². The predicted octanol–water partition coefficient (Wildman–Crippen LogP) is 1.56.